The molecule has 1 amide bonds. The van der Waals surface area contributed by atoms with Gasteiger partial charge >= 0.3 is 0 Å². The molecule has 1 aliphatic heterocycles. The maximum absolute atomic E-state index is 12.0. The van der Waals surface area contributed by atoms with E-state index in [2.05, 4.69) is 26.2 Å². The van der Waals surface area contributed by atoms with Gasteiger partial charge in [-0.15, -0.1) is 0 Å². The molecule has 1 heterocycles. The van der Waals surface area contributed by atoms with Gasteiger partial charge in [-0.05, 0) is 60.2 Å². The highest BCUT2D eigenvalue weighted by Crippen LogP contribution is 2.28. The van der Waals surface area contributed by atoms with Crippen LogP contribution in [0.15, 0.2) is 62.9 Å². The molecule has 1 fully saturated rings. The van der Waals surface area contributed by atoms with E-state index in [4.69, 9.17) is 0 Å². The van der Waals surface area contributed by atoms with Gasteiger partial charge in [0, 0.05) is 4.47 Å². The van der Waals surface area contributed by atoms with Crippen molar-refractivity contribution in [3.05, 3.63) is 69.0 Å². The summed E-state index contributed by atoms with van der Waals surface area (Å²) in [6.45, 7) is 2.02. The van der Waals surface area contributed by atoms with Gasteiger partial charge < -0.3 is 5.32 Å². The predicted octanol–water partition coefficient (Wildman–Crippen LogP) is 4.65. The van der Waals surface area contributed by atoms with E-state index in [1.807, 2.05) is 61.5 Å². The van der Waals surface area contributed by atoms with Gasteiger partial charge in [-0.3, -0.25) is 4.79 Å². The monoisotopic (exact) mass is 372 g/mol. The first-order valence-electron chi connectivity index (χ1n) is 6.72. The van der Waals surface area contributed by atoms with Crippen LogP contribution in [0.4, 0.5) is 5.69 Å². The van der Waals surface area contributed by atoms with Crippen molar-refractivity contribution in [1.29, 1.82) is 0 Å². The second-order valence-corrected chi connectivity index (χ2v) is 6.82. The highest BCUT2D eigenvalue weighted by atomic mass is 79.9. The molecule has 22 heavy (non-hydrogen) atoms. The number of carbonyl (C=O) groups excluding carboxylic acids is 1. The van der Waals surface area contributed by atoms with Crippen LogP contribution < -0.4 is 5.32 Å². The number of nitrogens with one attached hydrogen (secondary N) is 1. The summed E-state index contributed by atoms with van der Waals surface area (Å²) in [5.74, 6) is -0.112. The lowest BCUT2D eigenvalue weighted by atomic mass is 10.2. The summed E-state index contributed by atoms with van der Waals surface area (Å²) in [4.78, 5) is 17.1. The molecule has 0 aromatic heterocycles. The van der Waals surface area contributed by atoms with E-state index in [0.717, 1.165) is 21.3 Å². The molecule has 2 aromatic carbocycles. The van der Waals surface area contributed by atoms with Crippen LogP contribution in [0, 0.1) is 6.92 Å². The Kier molecular flexibility index (Phi) is 4.45. The van der Waals surface area contributed by atoms with Gasteiger partial charge in [-0.25, -0.2) is 4.99 Å². The van der Waals surface area contributed by atoms with Crippen LogP contribution in [0.3, 0.4) is 0 Å². The minimum Gasteiger partial charge on any atom is -0.300 e. The second-order valence-electron chi connectivity index (χ2n) is 4.87. The summed E-state index contributed by atoms with van der Waals surface area (Å²) in [5.41, 5.74) is 2.96. The van der Waals surface area contributed by atoms with E-state index < -0.39 is 0 Å². The Balaban J connectivity index is 1.82. The zero-order valence-electron chi connectivity index (χ0n) is 11.8. The van der Waals surface area contributed by atoms with Crippen LogP contribution in [0.5, 0.6) is 0 Å². The molecule has 0 spiro atoms. The van der Waals surface area contributed by atoms with Crippen LogP contribution in [-0.2, 0) is 4.79 Å². The molecule has 0 unspecified atom stereocenters. The molecule has 0 bridgehead atoms. The summed E-state index contributed by atoms with van der Waals surface area (Å²) in [6, 6.07) is 15.7. The van der Waals surface area contributed by atoms with Crippen molar-refractivity contribution in [2.75, 3.05) is 0 Å². The maximum Gasteiger partial charge on any atom is 0.264 e. The number of benzene rings is 2. The second kappa shape index (κ2) is 6.50. The molecule has 1 aliphatic rings. The minimum atomic E-state index is -0.112. The Hall–Kier alpha value is -1.85. The van der Waals surface area contributed by atoms with Gasteiger partial charge in [-0.1, -0.05) is 40.2 Å². The highest BCUT2D eigenvalue weighted by Gasteiger charge is 2.23. The standard InChI is InChI=1S/C17H13BrN2OS/c1-11-3-2-4-14(9-11)19-17-20-16(21)15(22-17)10-12-5-7-13(18)8-6-12/h2-10H,1H3,(H,19,20,21)/b15-10-. The Bertz CT molecular complexity index is 782. The molecule has 1 N–H and O–H groups in total. The maximum atomic E-state index is 12.0. The van der Waals surface area contributed by atoms with Crippen molar-refractivity contribution in [1.82, 2.24) is 5.32 Å². The number of thioether (sulfide) groups is 1. The third kappa shape index (κ3) is 3.67. The number of aryl methyl sites for hydroxylation is 1. The first kappa shape index (κ1) is 15.1. The van der Waals surface area contributed by atoms with E-state index in [0.29, 0.717) is 10.1 Å². The van der Waals surface area contributed by atoms with Crippen LogP contribution in [0.2, 0.25) is 0 Å². The third-order valence-electron chi connectivity index (χ3n) is 3.05. The van der Waals surface area contributed by atoms with Gasteiger partial charge in [0.15, 0.2) is 5.17 Å². The summed E-state index contributed by atoms with van der Waals surface area (Å²) in [7, 11) is 0. The van der Waals surface area contributed by atoms with Gasteiger partial charge in [0.2, 0.25) is 0 Å². The lowest BCUT2D eigenvalue weighted by molar-refractivity contribution is -0.115. The van der Waals surface area contributed by atoms with Gasteiger partial charge in [0.05, 0.1) is 10.6 Å². The first-order chi connectivity index (χ1) is 10.6. The highest BCUT2D eigenvalue weighted by molar-refractivity contribution is 9.10. The number of hydrogen-bond donors (Lipinski definition) is 1. The fourth-order valence-corrected chi connectivity index (χ4v) is 3.11. The molecule has 110 valence electrons. The molecule has 2 aromatic rings. The van der Waals surface area contributed by atoms with E-state index >= 15 is 0 Å². The molecule has 5 heteroatoms. The molecule has 3 nitrogen and oxygen atoms in total. The minimum absolute atomic E-state index is 0.112. The zero-order valence-corrected chi connectivity index (χ0v) is 14.2. The van der Waals surface area contributed by atoms with Crippen molar-refractivity contribution in [3.8, 4) is 0 Å². The third-order valence-corrected chi connectivity index (χ3v) is 4.49. The van der Waals surface area contributed by atoms with Gasteiger partial charge in [0.25, 0.3) is 5.91 Å². The topological polar surface area (TPSA) is 41.5 Å². The van der Waals surface area contributed by atoms with Crippen molar-refractivity contribution >= 4 is 50.5 Å². The summed E-state index contributed by atoms with van der Waals surface area (Å²) >= 11 is 4.76. The average molecular weight is 373 g/mol. The van der Waals surface area contributed by atoms with Crippen molar-refractivity contribution in [3.63, 3.8) is 0 Å². The molecule has 0 saturated carbocycles. The smallest absolute Gasteiger partial charge is 0.264 e. The van der Waals surface area contributed by atoms with Crippen LogP contribution in [0.1, 0.15) is 11.1 Å². The van der Waals surface area contributed by atoms with Crippen LogP contribution in [-0.4, -0.2) is 11.1 Å². The van der Waals surface area contributed by atoms with E-state index in [1.165, 1.54) is 11.8 Å². The Morgan fingerprint density at radius 1 is 1.18 bits per heavy atom. The Labute approximate surface area is 141 Å². The molecule has 0 aliphatic carbocycles. The number of halogens is 1. The normalized spacial score (nSPS) is 18.0. The average Bonchev–Trinajstić information content (AvgIpc) is 2.81. The summed E-state index contributed by atoms with van der Waals surface area (Å²) in [5, 5.41) is 3.41. The Morgan fingerprint density at radius 2 is 1.95 bits per heavy atom. The molecule has 3 rings (SSSR count). The number of amidine groups is 1. The van der Waals surface area contributed by atoms with Gasteiger partial charge in [-0.2, -0.15) is 0 Å². The number of nitrogens with zero attached hydrogens (tertiary/aromatic N) is 1. The SMILES string of the molecule is Cc1cccc(N=C2NC(=O)/C(=C/c3ccc(Br)cc3)S2)c1. The van der Waals surface area contributed by atoms with Gasteiger partial charge in [0.1, 0.15) is 0 Å². The number of hydrogen-bond acceptors (Lipinski definition) is 3. The summed E-state index contributed by atoms with van der Waals surface area (Å²) in [6.07, 6.45) is 1.87. The first-order valence-corrected chi connectivity index (χ1v) is 8.33. The lowest BCUT2D eigenvalue weighted by Gasteiger charge is -1.97. The Morgan fingerprint density at radius 3 is 2.68 bits per heavy atom. The van der Waals surface area contributed by atoms with Crippen LogP contribution in [0.25, 0.3) is 6.08 Å². The fraction of sp³-hybridized carbons (Fsp3) is 0.0588. The quantitative estimate of drug-likeness (QED) is 0.779. The fourth-order valence-electron chi connectivity index (χ4n) is 2.01. The summed E-state index contributed by atoms with van der Waals surface area (Å²) < 4.78 is 1.01. The molecular formula is C17H13BrN2OS. The van der Waals surface area contributed by atoms with Crippen LogP contribution >= 0.6 is 27.7 Å². The van der Waals surface area contributed by atoms with E-state index in [9.17, 15) is 4.79 Å². The van der Waals surface area contributed by atoms with E-state index in [1.54, 1.807) is 0 Å². The molecular weight excluding hydrogens is 360 g/mol. The number of amides is 1. The number of aliphatic imine (C=N–C) groups is 1. The van der Waals surface area contributed by atoms with Crippen molar-refractivity contribution in [2.45, 2.75) is 6.92 Å². The number of carbonyl (C=O) groups is 1. The largest absolute Gasteiger partial charge is 0.300 e. The van der Waals surface area contributed by atoms with E-state index in [-0.39, 0.29) is 5.91 Å². The molecule has 0 radical (unpaired) electrons. The lowest BCUT2D eigenvalue weighted by Crippen LogP contribution is -2.19. The van der Waals surface area contributed by atoms with Crippen molar-refractivity contribution in [2.24, 2.45) is 4.99 Å². The predicted molar refractivity (Wildman–Crippen MR) is 96.1 cm³/mol. The molecule has 0 atom stereocenters. The molecule has 1 saturated heterocycles. The zero-order chi connectivity index (χ0) is 15.5. The van der Waals surface area contributed by atoms with Crippen molar-refractivity contribution < 1.29 is 4.79 Å². The number of rotatable bonds is 2.